The summed E-state index contributed by atoms with van der Waals surface area (Å²) in [6.07, 6.45) is 5.38. The summed E-state index contributed by atoms with van der Waals surface area (Å²) in [4.78, 5) is 49.0. The molecule has 5 rings (SSSR count). The van der Waals surface area contributed by atoms with Crippen molar-refractivity contribution in [1.82, 2.24) is 20.2 Å². The monoisotopic (exact) mass is 518 g/mol. The van der Waals surface area contributed by atoms with E-state index in [1.54, 1.807) is 17.2 Å². The maximum absolute atomic E-state index is 14.8. The number of nitrogens with zero attached hydrogens (tertiary/aromatic N) is 4. The highest BCUT2D eigenvalue weighted by molar-refractivity contribution is 8.18. The van der Waals surface area contributed by atoms with E-state index in [1.807, 2.05) is 35.2 Å². The van der Waals surface area contributed by atoms with Gasteiger partial charge in [-0.2, -0.15) is 0 Å². The Bertz CT molecular complexity index is 1380. The highest BCUT2D eigenvalue weighted by atomic mass is 32.2. The van der Waals surface area contributed by atoms with E-state index in [0.29, 0.717) is 43.3 Å². The molecule has 2 aliphatic rings. The van der Waals surface area contributed by atoms with E-state index < -0.39 is 17.0 Å². The van der Waals surface area contributed by atoms with Gasteiger partial charge in [0.25, 0.3) is 11.1 Å². The molecule has 0 spiro atoms. The number of hydrogen-bond acceptors (Lipinski definition) is 7. The van der Waals surface area contributed by atoms with Gasteiger partial charge in [0.15, 0.2) is 0 Å². The molecule has 0 atom stereocenters. The molecule has 0 saturated carbocycles. The topological polar surface area (TPSA) is 108 Å². The van der Waals surface area contributed by atoms with Gasteiger partial charge in [-0.05, 0) is 54.1 Å². The number of halogens is 1. The number of imide groups is 1. The van der Waals surface area contributed by atoms with E-state index in [1.165, 1.54) is 24.4 Å². The van der Waals surface area contributed by atoms with Crippen molar-refractivity contribution in [2.45, 2.75) is 6.42 Å². The van der Waals surface area contributed by atoms with Crippen molar-refractivity contribution < 1.29 is 18.8 Å². The number of carbonyl (C=O) groups is 3. The number of anilines is 2. The molecule has 3 heterocycles. The maximum atomic E-state index is 14.8. The highest BCUT2D eigenvalue weighted by Crippen LogP contribution is 2.29. The molecular weight excluding hydrogens is 495 g/mol. The first-order chi connectivity index (χ1) is 18.0. The third-order valence-electron chi connectivity index (χ3n) is 5.96. The Labute approximate surface area is 216 Å². The van der Waals surface area contributed by atoms with Crippen LogP contribution in [0.25, 0.3) is 17.3 Å². The summed E-state index contributed by atoms with van der Waals surface area (Å²) < 4.78 is 14.8. The minimum absolute atomic E-state index is 0.156. The minimum Gasteiger partial charge on any atom is -0.353 e. The van der Waals surface area contributed by atoms with Crippen LogP contribution in [0.2, 0.25) is 0 Å². The second kappa shape index (κ2) is 10.8. The Balaban J connectivity index is 1.31. The predicted molar refractivity (Wildman–Crippen MR) is 140 cm³/mol. The molecule has 0 unspecified atom stereocenters. The predicted octanol–water partition coefficient (Wildman–Crippen LogP) is 4.35. The number of thioether (sulfide) groups is 1. The number of carbonyl (C=O) groups excluding carboxylic acids is 3. The van der Waals surface area contributed by atoms with Crippen LogP contribution in [0.3, 0.4) is 0 Å². The lowest BCUT2D eigenvalue weighted by molar-refractivity contribution is -0.115. The number of benzene rings is 2. The highest BCUT2D eigenvalue weighted by Gasteiger charge is 2.25. The lowest BCUT2D eigenvalue weighted by Gasteiger charge is -2.23. The smallest absolute Gasteiger partial charge is 0.321 e. The summed E-state index contributed by atoms with van der Waals surface area (Å²) in [5, 5.41) is 4.68. The number of amides is 4. The largest absolute Gasteiger partial charge is 0.353 e. The molecule has 9 nitrogen and oxygen atoms in total. The van der Waals surface area contributed by atoms with Gasteiger partial charge in [-0.1, -0.05) is 24.3 Å². The molecule has 4 amide bonds. The molecule has 2 saturated heterocycles. The van der Waals surface area contributed by atoms with Gasteiger partial charge in [0, 0.05) is 37.4 Å². The third-order valence-corrected chi connectivity index (χ3v) is 6.77. The Morgan fingerprint density at radius 3 is 2.68 bits per heavy atom. The zero-order valence-corrected chi connectivity index (χ0v) is 20.5. The number of aromatic nitrogens is 2. The SMILES string of the molecule is O=C1NC(=O)/C(=C\c2ccc(F)c(-c3cncc(N4CCCN(C(=O)Nc5ccccc5)CC4)n3)c2)S1. The van der Waals surface area contributed by atoms with Crippen LogP contribution in [0.4, 0.5) is 25.5 Å². The van der Waals surface area contributed by atoms with E-state index in [9.17, 15) is 18.8 Å². The molecule has 11 heteroatoms. The van der Waals surface area contributed by atoms with E-state index in [-0.39, 0.29) is 16.5 Å². The van der Waals surface area contributed by atoms with Crippen molar-refractivity contribution in [1.29, 1.82) is 0 Å². The van der Waals surface area contributed by atoms with Gasteiger partial charge in [-0.25, -0.2) is 14.2 Å². The van der Waals surface area contributed by atoms with Crippen molar-refractivity contribution in [2.75, 3.05) is 36.4 Å². The van der Waals surface area contributed by atoms with Gasteiger partial charge < -0.3 is 15.1 Å². The molecule has 3 aromatic rings. The summed E-state index contributed by atoms with van der Waals surface area (Å²) >= 11 is 0.801. The second-order valence-corrected chi connectivity index (χ2v) is 9.49. The van der Waals surface area contributed by atoms with E-state index in [0.717, 1.165) is 23.9 Å². The molecule has 2 fully saturated rings. The second-order valence-electron chi connectivity index (χ2n) is 8.48. The maximum Gasteiger partial charge on any atom is 0.321 e. The average Bonchev–Trinajstić information content (AvgIpc) is 3.08. The normalized spacial score (nSPS) is 17.1. The first kappa shape index (κ1) is 24.4. The van der Waals surface area contributed by atoms with Crippen molar-refractivity contribution in [3.63, 3.8) is 0 Å². The first-order valence-electron chi connectivity index (χ1n) is 11.7. The lowest BCUT2D eigenvalue weighted by Crippen LogP contribution is -2.38. The van der Waals surface area contributed by atoms with E-state index in [4.69, 9.17) is 0 Å². The first-order valence-corrected chi connectivity index (χ1v) is 12.5. The van der Waals surface area contributed by atoms with E-state index >= 15 is 0 Å². The minimum atomic E-state index is -0.479. The molecular formula is C26H23FN6O3S. The van der Waals surface area contributed by atoms with Crippen molar-refractivity contribution in [3.8, 4) is 11.3 Å². The Morgan fingerprint density at radius 2 is 1.89 bits per heavy atom. The van der Waals surface area contributed by atoms with Crippen LogP contribution >= 0.6 is 11.8 Å². The third kappa shape index (κ3) is 5.78. The molecule has 2 N–H and O–H groups in total. The number of rotatable bonds is 4. The Kier molecular flexibility index (Phi) is 7.13. The number of hydrogen-bond donors (Lipinski definition) is 2. The molecule has 0 aliphatic carbocycles. The molecule has 188 valence electrons. The van der Waals surface area contributed by atoms with E-state index in [2.05, 4.69) is 20.6 Å². The van der Waals surface area contributed by atoms with Crippen LogP contribution in [0.1, 0.15) is 12.0 Å². The standard InChI is InChI=1S/C26H23FN6O3S/c27-20-8-7-17(14-22-24(34)31-26(36)37-22)13-19(20)21-15-28-16-23(30-21)32-9-4-10-33(12-11-32)25(35)29-18-5-2-1-3-6-18/h1-3,5-8,13-16H,4,9-12H2,(H,29,35)(H,31,34,36)/b22-14+. The molecule has 1 aromatic heterocycles. The van der Waals surface area contributed by atoms with Crippen LogP contribution in [0.5, 0.6) is 0 Å². The summed E-state index contributed by atoms with van der Waals surface area (Å²) in [6.45, 7) is 2.32. The van der Waals surface area contributed by atoms with Gasteiger partial charge in [0.2, 0.25) is 0 Å². The molecule has 2 aliphatic heterocycles. The number of nitrogens with one attached hydrogen (secondary N) is 2. The van der Waals surface area contributed by atoms with Gasteiger partial charge in [-0.15, -0.1) is 0 Å². The number of para-hydroxylation sites is 1. The summed E-state index contributed by atoms with van der Waals surface area (Å²) in [6, 6.07) is 13.6. The average molecular weight is 519 g/mol. The summed E-state index contributed by atoms with van der Waals surface area (Å²) in [5.41, 5.74) is 1.88. The number of urea groups is 1. The molecule has 0 bridgehead atoms. The lowest BCUT2D eigenvalue weighted by atomic mass is 10.1. The van der Waals surface area contributed by atoms with Gasteiger partial charge in [0.1, 0.15) is 11.6 Å². The molecule has 37 heavy (non-hydrogen) atoms. The zero-order valence-electron chi connectivity index (χ0n) is 19.7. The van der Waals surface area contributed by atoms with Crippen molar-refractivity contribution in [3.05, 3.63) is 77.2 Å². The fraction of sp³-hybridized carbons (Fsp3) is 0.192. The van der Waals surface area contributed by atoms with Crippen molar-refractivity contribution in [2.24, 2.45) is 0 Å². The fourth-order valence-corrected chi connectivity index (χ4v) is 4.80. The molecule has 2 aromatic carbocycles. The van der Waals surface area contributed by atoms with Gasteiger partial charge in [0.05, 0.1) is 23.0 Å². The van der Waals surface area contributed by atoms with Crippen LogP contribution in [-0.2, 0) is 4.79 Å². The van der Waals surface area contributed by atoms with Gasteiger partial charge >= 0.3 is 6.03 Å². The fourth-order valence-electron chi connectivity index (χ4n) is 4.11. The van der Waals surface area contributed by atoms with Crippen LogP contribution in [0.15, 0.2) is 65.8 Å². The van der Waals surface area contributed by atoms with Gasteiger partial charge in [-0.3, -0.25) is 19.9 Å². The Morgan fingerprint density at radius 1 is 1.05 bits per heavy atom. The van der Waals surface area contributed by atoms with Crippen molar-refractivity contribution >= 4 is 46.5 Å². The quantitative estimate of drug-likeness (QED) is 0.495. The summed E-state index contributed by atoms with van der Waals surface area (Å²) in [7, 11) is 0. The summed E-state index contributed by atoms with van der Waals surface area (Å²) in [5.74, 6) is -0.370. The van der Waals surface area contributed by atoms with Crippen LogP contribution < -0.4 is 15.5 Å². The zero-order chi connectivity index (χ0) is 25.8. The molecule has 0 radical (unpaired) electrons. The van der Waals surface area contributed by atoms with Crippen LogP contribution in [-0.4, -0.2) is 58.2 Å². The Hall–Kier alpha value is -4.25. The van der Waals surface area contributed by atoms with Crippen LogP contribution in [0, 0.1) is 5.82 Å².